The lowest BCUT2D eigenvalue weighted by Gasteiger charge is -2.31. The third kappa shape index (κ3) is 5.35. The normalized spacial score (nSPS) is 21.9. The summed E-state index contributed by atoms with van der Waals surface area (Å²) in [4.78, 5) is 5.94. The Hall–Kier alpha value is -1.87. The van der Waals surface area contributed by atoms with Gasteiger partial charge >= 0.3 is 0 Å². The van der Waals surface area contributed by atoms with E-state index in [-0.39, 0.29) is 6.10 Å². The van der Waals surface area contributed by atoms with Gasteiger partial charge in [0.05, 0.1) is 32.6 Å². The second-order valence-electron chi connectivity index (χ2n) is 6.96. The molecule has 2 fully saturated rings. The van der Waals surface area contributed by atoms with Gasteiger partial charge in [0.15, 0.2) is 11.7 Å². The van der Waals surface area contributed by atoms with Crippen LogP contribution in [0.1, 0.15) is 23.5 Å². The molecule has 4 rings (SSSR count). The van der Waals surface area contributed by atoms with E-state index in [0.29, 0.717) is 32.9 Å². The molecule has 0 aromatic carbocycles. The Kier molecular flexibility index (Phi) is 6.64. The molecule has 0 saturated carbocycles. The summed E-state index contributed by atoms with van der Waals surface area (Å²) in [7, 11) is 0. The van der Waals surface area contributed by atoms with Crippen LogP contribution in [0, 0.1) is 0 Å². The summed E-state index contributed by atoms with van der Waals surface area (Å²) in [6, 6.07) is 8.03. The number of guanidine groups is 1. The van der Waals surface area contributed by atoms with Crippen molar-refractivity contribution in [1.82, 2.24) is 10.6 Å². The van der Waals surface area contributed by atoms with Crippen LogP contribution in [0.3, 0.4) is 0 Å². The molecule has 4 heterocycles. The Morgan fingerprint density at radius 1 is 1.21 bits per heavy atom. The van der Waals surface area contributed by atoms with Crippen LogP contribution in [0.2, 0.25) is 0 Å². The average Bonchev–Trinajstić information content (AvgIpc) is 3.47. The van der Waals surface area contributed by atoms with Crippen LogP contribution in [0.25, 0.3) is 0 Å². The van der Waals surface area contributed by atoms with Crippen molar-refractivity contribution in [3.05, 3.63) is 46.5 Å². The molecule has 1 spiro atoms. The molecule has 2 saturated heterocycles. The molecular weight excluding hydrogens is 378 g/mol. The number of rotatable bonds is 7. The first-order chi connectivity index (χ1) is 13.8. The van der Waals surface area contributed by atoms with Gasteiger partial charge in [0.1, 0.15) is 11.9 Å². The number of hydrogen-bond acceptors (Lipinski definition) is 6. The molecule has 152 valence electrons. The third-order valence-electron chi connectivity index (χ3n) is 4.88. The van der Waals surface area contributed by atoms with Gasteiger partial charge in [-0.25, -0.2) is 4.99 Å². The molecule has 7 nitrogen and oxygen atoms in total. The Morgan fingerprint density at radius 2 is 2.14 bits per heavy atom. The molecule has 28 heavy (non-hydrogen) atoms. The van der Waals surface area contributed by atoms with E-state index in [9.17, 15) is 0 Å². The molecule has 2 aromatic rings. The number of furan rings is 1. The quantitative estimate of drug-likeness (QED) is 0.545. The van der Waals surface area contributed by atoms with E-state index in [0.717, 1.165) is 37.5 Å². The van der Waals surface area contributed by atoms with E-state index in [4.69, 9.17) is 23.6 Å². The second kappa shape index (κ2) is 9.56. The van der Waals surface area contributed by atoms with Gasteiger partial charge in [0.2, 0.25) is 0 Å². The zero-order valence-electron chi connectivity index (χ0n) is 15.9. The monoisotopic (exact) mass is 405 g/mol. The van der Waals surface area contributed by atoms with Gasteiger partial charge in [-0.3, -0.25) is 0 Å². The smallest absolute Gasteiger partial charge is 0.191 e. The van der Waals surface area contributed by atoms with Crippen molar-refractivity contribution in [2.24, 2.45) is 4.99 Å². The van der Waals surface area contributed by atoms with Gasteiger partial charge < -0.3 is 29.3 Å². The third-order valence-corrected chi connectivity index (χ3v) is 5.74. The molecule has 0 radical (unpaired) electrons. The van der Waals surface area contributed by atoms with Crippen molar-refractivity contribution in [2.45, 2.75) is 37.7 Å². The average molecular weight is 406 g/mol. The Morgan fingerprint density at radius 3 is 2.93 bits per heavy atom. The van der Waals surface area contributed by atoms with Gasteiger partial charge in [-0.1, -0.05) is 6.07 Å². The molecule has 1 atom stereocenters. The maximum atomic E-state index is 6.19. The molecule has 1 unspecified atom stereocenters. The van der Waals surface area contributed by atoms with Crippen LogP contribution in [0.4, 0.5) is 0 Å². The highest BCUT2D eigenvalue weighted by atomic mass is 32.1. The minimum absolute atomic E-state index is 0.0110. The van der Waals surface area contributed by atoms with Crippen LogP contribution in [-0.2, 0) is 27.2 Å². The van der Waals surface area contributed by atoms with Crippen LogP contribution < -0.4 is 10.6 Å². The van der Waals surface area contributed by atoms with Gasteiger partial charge in [-0.15, -0.1) is 11.3 Å². The van der Waals surface area contributed by atoms with E-state index in [2.05, 4.69) is 22.1 Å². The van der Waals surface area contributed by atoms with E-state index in [1.54, 1.807) is 17.6 Å². The molecule has 0 bridgehead atoms. The SMILES string of the molecule is c1coc(CCNC(=NCc2cccs2)NCC2COC3(CCOCC3)O2)c1. The summed E-state index contributed by atoms with van der Waals surface area (Å²) in [5, 5.41) is 8.85. The maximum absolute atomic E-state index is 6.19. The Bertz CT molecular complexity index is 727. The summed E-state index contributed by atoms with van der Waals surface area (Å²) in [5.74, 6) is 1.28. The first-order valence-electron chi connectivity index (χ1n) is 9.78. The van der Waals surface area contributed by atoms with Gasteiger partial charge in [0.25, 0.3) is 0 Å². The highest BCUT2D eigenvalue weighted by molar-refractivity contribution is 7.09. The summed E-state index contributed by atoms with van der Waals surface area (Å²) in [5.41, 5.74) is 0. The lowest BCUT2D eigenvalue weighted by Crippen LogP contribution is -2.43. The fourth-order valence-corrected chi connectivity index (χ4v) is 3.99. The van der Waals surface area contributed by atoms with Crippen molar-refractivity contribution in [3.63, 3.8) is 0 Å². The van der Waals surface area contributed by atoms with Crippen molar-refractivity contribution in [2.75, 3.05) is 32.9 Å². The highest BCUT2D eigenvalue weighted by Gasteiger charge is 2.42. The number of nitrogens with one attached hydrogen (secondary N) is 2. The highest BCUT2D eigenvalue weighted by Crippen LogP contribution is 2.32. The lowest BCUT2D eigenvalue weighted by molar-refractivity contribution is -0.210. The van der Waals surface area contributed by atoms with Crippen molar-refractivity contribution in [3.8, 4) is 0 Å². The standard InChI is InChI=1S/C20H27N3O4S/c1-3-16(25-9-1)5-8-21-19(23-14-18-4-2-12-28-18)22-13-17-15-26-20(27-17)6-10-24-11-7-20/h1-4,9,12,17H,5-8,10-11,13-15H2,(H2,21,22,23). The van der Waals surface area contributed by atoms with Gasteiger partial charge in [0, 0.05) is 37.2 Å². The number of ether oxygens (including phenoxy) is 3. The first-order valence-corrected chi connectivity index (χ1v) is 10.7. The van der Waals surface area contributed by atoms with Crippen molar-refractivity contribution in [1.29, 1.82) is 0 Å². The van der Waals surface area contributed by atoms with E-state index in [1.165, 1.54) is 4.88 Å². The van der Waals surface area contributed by atoms with Crippen LogP contribution in [0.15, 0.2) is 45.3 Å². The van der Waals surface area contributed by atoms with E-state index in [1.807, 2.05) is 18.2 Å². The number of hydrogen-bond donors (Lipinski definition) is 2. The summed E-state index contributed by atoms with van der Waals surface area (Å²) < 4.78 is 23.0. The van der Waals surface area contributed by atoms with Crippen LogP contribution in [-0.4, -0.2) is 50.8 Å². The maximum Gasteiger partial charge on any atom is 0.191 e. The molecule has 0 aliphatic carbocycles. The fraction of sp³-hybridized carbons (Fsp3) is 0.550. The molecule has 2 aliphatic heterocycles. The number of nitrogens with zero attached hydrogens (tertiary/aromatic N) is 1. The van der Waals surface area contributed by atoms with Gasteiger partial charge in [-0.05, 0) is 23.6 Å². The Balaban J connectivity index is 1.28. The first kappa shape index (κ1) is 19.4. The van der Waals surface area contributed by atoms with E-state index < -0.39 is 5.79 Å². The largest absolute Gasteiger partial charge is 0.469 e. The minimum Gasteiger partial charge on any atom is -0.469 e. The second-order valence-corrected chi connectivity index (χ2v) is 7.99. The number of aliphatic imine (C=N–C) groups is 1. The minimum atomic E-state index is -0.453. The predicted octanol–water partition coefficient (Wildman–Crippen LogP) is 2.54. The zero-order valence-corrected chi connectivity index (χ0v) is 16.7. The Labute approximate surface area is 169 Å². The molecule has 8 heteroatoms. The van der Waals surface area contributed by atoms with Crippen molar-refractivity contribution >= 4 is 17.3 Å². The number of thiophene rings is 1. The fourth-order valence-electron chi connectivity index (χ4n) is 3.37. The zero-order chi connectivity index (χ0) is 19.1. The van der Waals surface area contributed by atoms with Crippen molar-refractivity contribution < 1.29 is 18.6 Å². The predicted molar refractivity (Wildman–Crippen MR) is 107 cm³/mol. The molecule has 2 aliphatic rings. The molecule has 0 amide bonds. The summed E-state index contributed by atoms with van der Waals surface area (Å²) >= 11 is 1.71. The van der Waals surface area contributed by atoms with Crippen LogP contribution >= 0.6 is 11.3 Å². The summed E-state index contributed by atoms with van der Waals surface area (Å²) in [6.07, 6.45) is 4.10. The van der Waals surface area contributed by atoms with E-state index >= 15 is 0 Å². The van der Waals surface area contributed by atoms with Gasteiger partial charge in [-0.2, -0.15) is 0 Å². The topological polar surface area (TPSA) is 77.3 Å². The molecular formula is C20H27N3O4S. The summed E-state index contributed by atoms with van der Waals surface area (Å²) in [6.45, 7) is 4.03. The van der Waals surface area contributed by atoms with Crippen LogP contribution in [0.5, 0.6) is 0 Å². The molecule has 2 aromatic heterocycles. The molecule has 2 N–H and O–H groups in total. The lowest BCUT2D eigenvalue weighted by atomic mass is 10.1.